The largest absolute Gasteiger partial charge is 0.467 e. The maximum atomic E-state index is 13.2. The minimum Gasteiger partial charge on any atom is -0.467 e. The van der Waals surface area contributed by atoms with Crippen molar-refractivity contribution in [2.45, 2.75) is 39.3 Å². The minimum atomic E-state index is -0.267. The molecule has 2 amide bonds. The van der Waals surface area contributed by atoms with Gasteiger partial charge in [-0.1, -0.05) is 6.07 Å². The van der Waals surface area contributed by atoms with Gasteiger partial charge in [-0.2, -0.15) is 0 Å². The van der Waals surface area contributed by atoms with Crippen LogP contribution in [0.2, 0.25) is 0 Å². The Hall–Kier alpha value is -3.39. The average Bonchev–Trinajstić information content (AvgIpc) is 3.51. The van der Waals surface area contributed by atoms with Gasteiger partial charge in [0.15, 0.2) is 0 Å². The van der Waals surface area contributed by atoms with E-state index in [0.29, 0.717) is 55.7 Å². The highest BCUT2D eigenvalue weighted by Crippen LogP contribution is 2.28. The summed E-state index contributed by atoms with van der Waals surface area (Å²) in [4.78, 5) is 32.0. The first-order valence-corrected chi connectivity index (χ1v) is 9.98. The highest BCUT2D eigenvalue weighted by Gasteiger charge is 2.31. The van der Waals surface area contributed by atoms with E-state index in [1.54, 1.807) is 24.6 Å². The summed E-state index contributed by atoms with van der Waals surface area (Å²) >= 11 is 0. The molecule has 1 unspecified atom stereocenters. The number of amides is 2. The van der Waals surface area contributed by atoms with Gasteiger partial charge in [0, 0.05) is 24.8 Å². The standard InChI is InChI=1S/C22H22N4O4/c1-14-20-24-19(21(27)23-10-18-3-2-8-30-18)11-25(20)6-7-26(14)22(28)15-4-5-16-12-29-13-17(16)9-15/h2-5,8-9,11,14H,6-7,10,12-13H2,1H3,(H,23,27). The van der Waals surface area contributed by atoms with E-state index in [9.17, 15) is 9.59 Å². The Morgan fingerprint density at radius 3 is 2.90 bits per heavy atom. The monoisotopic (exact) mass is 406 g/mol. The molecule has 1 aromatic carbocycles. The van der Waals surface area contributed by atoms with E-state index in [0.717, 1.165) is 11.1 Å². The second kappa shape index (κ2) is 7.46. The Labute approximate surface area is 173 Å². The zero-order chi connectivity index (χ0) is 20.7. The number of ether oxygens (including phenoxy) is 1. The molecule has 8 nitrogen and oxygen atoms in total. The molecule has 0 spiro atoms. The summed E-state index contributed by atoms with van der Waals surface area (Å²) in [5, 5.41) is 2.81. The van der Waals surface area contributed by atoms with E-state index < -0.39 is 0 Å². The molecular formula is C22H22N4O4. The third kappa shape index (κ3) is 3.29. The third-order valence-corrected chi connectivity index (χ3v) is 5.70. The van der Waals surface area contributed by atoms with Crippen LogP contribution in [0.3, 0.4) is 0 Å². The highest BCUT2D eigenvalue weighted by molar-refractivity contribution is 5.95. The van der Waals surface area contributed by atoms with Gasteiger partial charge in [-0.25, -0.2) is 4.98 Å². The van der Waals surface area contributed by atoms with Crippen molar-refractivity contribution in [1.29, 1.82) is 0 Å². The molecule has 5 rings (SSSR count). The van der Waals surface area contributed by atoms with Crippen molar-refractivity contribution < 1.29 is 18.7 Å². The van der Waals surface area contributed by atoms with Crippen LogP contribution in [-0.2, 0) is 31.0 Å². The van der Waals surface area contributed by atoms with Gasteiger partial charge in [0.1, 0.15) is 17.3 Å². The first-order chi connectivity index (χ1) is 14.6. The zero-order valence-electron chi connectivity index (χ0n) is 16.6. The van der Waals surface area contributed by atoms with Gasteiger partial charge in [0.05, 0.1) is 32.1 Å². The van der Waals surface area contributed by atoms with Crippen LogP contribution in [-0.4, -0.2) is 32.8 Å². The number of fused-ring (bicyclic) bond motifs is 2. The Morgan fingerprint density at radius 2 is 2.07 bits per heavy atom. The normalized spacial score (nSPS) is 17.5. The summed E-state index contributed by atoms with van der Waals surface area (Å²) in [6.45, 7) is 4.55. The number of carbonyl (C=O) groups is 2. The second-order valence-electron chi connectivity index (χ2n) is 7.59. The van der Waals surface area contributed by atoms with E-state index in [1.165, 1.54) is 0 Å². The quantitative estimate of drug-likeness (QED) is 0.720. The van der Waals surface area contributed by atoms with Gasteiger partial charge in [0.25, 0.3) is 11.8 Å². The number of imidazole rings is 1. The van der Waals surface area contributed by atoms with Crippen molar-refractivity contribution in [3.8, 4) is 0 Å². The number of hydrogen-bond donors (Lipinski definition) is 1. The number of rotatable bonds is 4. The van der Waals surface area contributed by atoms with E-state index >= 15 is 0 Å². The van der Waals surface area contributed by atoms with Crippen LogP contribution in [0.4, 0.5) is 0 Å². The number of nitrogens with one attached hydrogen (secondary N) is 1. The molecule has 3 aromatic rings. The average molecular weight is 406 g/mol. The molecule has 30 heavy (non-hydrogen) atoms. The van der Waals surface area contributed by atoms with Gasteiger partial charge >= 0.3 is 0 Å². The fourth-order valence-electron chi connectivity index (χ4n) is 4.02. The van der Waals surface area contributed by atoms with Gasteiger partial charge < -0.3 is 23.9 Å². The molecule has 0 saturated heterocycles. The second-order valence-corrected chi connectivity index (χ2v) is 7.59. The van der Waals surface area contributed by atoms with Crippen molar-refractivity contribution in [1.82, 2.24) is 19.8 Å². The van der Waals surface area contributed by atoms with Crippen LogP contribution in [0.25, 0.3) is 0 Å². The maximum absolute atomic E-state index is 13.2. The lowest BCUT2D eigenvalue weighted by Gasteiger charge is -2.33. The summed E-state index contributed by atoms with van der Waals surface area (Å²) in [5.74, 6) is 1.09. The van der Waals surface area contributed by atoms with Crippen molar-refractivity contribution in [2.75, 3.05) is 6.54 Å². The molecule has 8 heteroatoms. The summed E-state index contributed by atoms with van der Waals surface area (Å²) in [7, 11) is 0. The highest BCUT2D eigenvalue weighted by atomic mass is 16.5. The summed E-state index contributed by atoms with van der Waals surface area (Å²) in [5.41, 5.74) is 3.21. The smallest absolute Gasteiger partial charge is 0.271 e. The van der Waals surface area contributed by atoms with Crippen LogP contribution in [0.1, 0.15) is 56.5 Å². The summed E-state index contributed by atoms with van der Waals surface area (Å²) in [6, 6.07) is 9.09. The van der Waals surface area contributed by atoms with Gasteiger partial charge in [0.2, 0.25) is 0 Å². The molecule has 4 heterocycles. The van der Waals surface area contributed by atoms with E-state index in [4.69, 9.17) is 9.15 Å². The van der Waals surface area contributed by atoms with E-state index in [-0.39, 0.29) is 17.9 Å². The number of furan rings is 1. The Bertz CT molecular complexity index is 1100. The fourth-order valence-corrected chi connectivity index (χ4v) is 4.02. The minimum absolute atomic E-state index is 0.0322. The Kier molecular flexibility index (Phi) is 4.63. The molecule has 0 aliphatic carbocycles. The SMILES string of the molecule is CC1c2nc(C(=O)NCc3ccco3)cn2CCN1C(=O)c1ccc2c(c1)COC2. The number of aromatic nitrogens is 2. The number of carbonyl (C=O) groups excluding carboxylic acids is 2. The number of nitrogens with zero attached hydrogens (tertiary/aromatic N) is 3. The lowest BCUT2D eigenvalue weighted by Crippen LogP contribution is -2.41. The molecule has 0 saturated carbocycles. The molecule has 154 valence electrons. The van der Waals surface area contributed by atoms with Gasteiger partial charge in [-0.3, -0.25) is 9.59 Å². The molecule has 0 fully saturated rings. The molecule has 1 N–H and O–H groups in total. The van der Waals surface area contributed by atoms with Gasteiger partial charge in [-0.05, 0) is 42.3 Å². The summed E-state index contributed by atoms with van der Waals surface area (Å²) in [6.07, 6.45) is 3.32. The van der Waals surface area contributed by atoms with Crippen molar-refractivity contribution >= 4 is 11.8 Å². The summed E-state index contributed by atoms with van der Waals surface area (Å²) < 4.78 is 12.6. The molecule has 0 radical (unpaired) electrons. The maximum Gasteiger partial charge on any atom is 0.271 e. The number of hydrogen-bond acceptors (Lipinski definition) is 5. The van der Waals surface area contributed by atoms with Gasteiger partial charge in [-0.15, -0.1) is 0 Å². The van der Waals surface area contributed by atoms with Crippen LogP contribution >= 0.6 is 0 Å². The molecular weight excluding hydrogens is 384 g/mol. The van der Waals surface area contributed by atoms with E-state index in [2.05, 4.69) is 10.3 Å². The lowest BCUT2D eigenvalue weighted by molar-refractivity contribution is 0.0637. The topological polar surface area (TPSA) is 89.6 Å². The first-order valence-electron chi connectivity index (χ1n) is 9.98. The predicted molar refractivity (Wildman–Crippen MR) is 106 cm³/mol. The fraction of sp³-hybridized carbons (Fsp3) is 0.318. The Morgan fingerprint density at radius 1 is 1.20 bits per heavy atom. The first kappa shape index (κ1) is 18.6. The third-order valence-electron chi connectivity index (χ3n) is 5.70. The molecule has 0 bridgehead atoms. The predicted octanol–water partition coefficient (Wildman–Crippen LogP) is 2.65. The van der Waals surface area contributed by atoms with Crippen molar-refractivity contribution in [2.24, 2.45) is 0 Å². The molecule has 2 aromatic heterocycles. The van der Waals surface area contributed by atoms with Crippen LogP contribution in [0.15, 0.2) is 47.2 Å². The van der Waals surface area contributed by atoms with Crippen LogP contribution in [0, 0.1) is 0 Å². The van der Waals surface area contributed by atoms with Crippen LogP contribution in [0.5, 0.6) is 0 Å². The molecule has 1 atom stereocenters. The number of benzene rings is 1. The lowest BCUT2D eigenvalue weighted by atomic mass is 10.0. The van der Waals surface area contributed by atoms with Crippen molar-refractivity contribution in [3.05, 3.63) is 76.8 Å². The van der Waals surface area contributed by atoms with Crippen molar-refractivity contribution in [3.63, 3.8) is 0 Å². The molecule has 2 aliphatic heterocycles. The van der Waals surface area contributed by atoms with Crippen LogP contribution < -0.4 is 5.32 Å². The Balaban J connectivity index is 1.32. The zero-order valence-corrected chi connectivity index (χ0v) is 16.6. The van der Waals surface area contributed by atoms with E-state index in [1.807, 2.05) is 34.6 Å². The molecule has 2 aliphatic rings.